The van der Waals surface area contributed by atoms with Crippen LogP contribution in [0, 0.1) is 0 Å². The normalized spacial score (nSPS) is 16.1. The summed E-state index contributed by atoms with van der Waals surface area (Å²) in [4.78, 5) is 1.68. The average Bonchev–Trinajstić information content (AvgIpc) is 3.75. The highest BCUT2D eigenvalue weighted by Crippen LogP contribution is 2.56. The summed E-state index contributed by atoms with van der Waals surface area (Å²) in [5.41, 5.74) is 5.13. The number of anilines is 3. The molecule has 0 saturated heterocycles. The Morgan fingerprint density at radius 1 is 0.551 bits per heavy atom. The Balaban J connectivity index is 1.41. The highest BCUT2D eigenvalue weighted by Gasteiger charge is 2.39. The summed E-state index contributed by atoms with van der Waals surface area (Å²) in [5, 5.41) is 4.59. The summed E-state index contributed by atoms with van der Waals surface area (Å²) in [5.74, 6) is 0. The van der Waals surface area contributed by atoms with Crippen molar-refractivity contribution in [2.45, 2.75) is 19.3 Å². The second-order valence-corrected chi connectivity index (χ2v) is 12.9. The predicted octanol–water partition coefficient (Wildman–Crippen LogP) is 13.3. The summed E-state index contributed by atoms with van der Waals surface area (Å²) in [7, 11) is 0. The zero-order valence-corrected chi connectivity index (χ0v) is 26.7. The number of furan rings is 1. The SMILES string of the molecule is [2H]c1c([2H])c([2H])c(-c2cc3c(c4oc5c(N(c6c([2H])c([2H])c([2H])c([2H])c6[2H])c6cc7ccccc7c7ccccc67)cccc5c24)-c2ccccc2C3(C)C)c([2H])c1[2H]. The Labute approximate surface area is 299 Å². The van der Waals surface area contributed by atoms with E-state index in [1.807, 2.05) is 84.9 Å². The lowest BCUT2D eigenvalue weighted by Gasteiger charge is -2.27. The summed E-state index contributed by atoms with van der Waals surface area (Å²) in [6.45, 7) is 4.18. The Kier molecular flexibility index (Phi) is 4.18. The van der Waals surface area contributed by atoms with Crippen LogP contribution in [0.2, 0.25) is 0 Å². The molecule has 1 aliphatic carbocycles. The van der Waals surface area contributed by atoms with Gasteiger partial charge in [-0.05, 0) is 74.3 Å². The first-order valence-electron chi connectivity index (χ1n) is 21.2. The van der Waals surface area contributed by atoms with E-state index >= 15 is 0 Å². The van der Waals surface area contributed by atoms with Gasteiger partial charge in [-0.25, -0.2) is 0 Å². The molecule has 1 heterocycles. The van der Waals surface area contributed by atoms with E-state index in [2.05, 4.69) is 19.9 Å². The van der Waals surface area contributed by atoms with Crippen LogP contribution in [0.4, 0.5) is 17.1 Å². The number of rotatable bonds is 4. The minimum absolute atomic E-state index is 0.0339. The summed E-state index contributed by atoms with van der Waals surface area (Å²) >= 11 is 0. The second-order valence-electron chi connectivity index (χ2n) is 12.9. The molecule has 0 radical (unpaired) electrons. The lowest BCUT2D eigenvalue weighted by molar-refractivity contribution is 0.653. The molecule has 0 aliphatic heterocycles. The fraction of sp³-hybridized carbons (Fsp3) is 0.0638. The van der Waals surface area contributed by atoms with Crippen molar-refractivity contribution < 1.29 is 18.1 Å². The zero-order chi connectivity index (χ0) is 41.4. The van der Waals surface area contributed by atoms with Crippen molar-refractivity contribution >= 4 is 60.5 Å². The lowest BCUT2D eigenvalue weighted by atomic mass is 9.81. The fourth-order valence-electron chi connectivity index (χ4n) is 7.81. The first-order valence-corrected chi connectivity index (χ1v) is 16.2. The quantitative estimate of drug-likeness (QED) is 0.179. The van der Waals surface area contributed by atoms with Gasteiger partial charge in [-0.1, -0.05) is 147 Å². The standard InChI is InChI=1S/C47H33NO/c1-47(2)39-26-14-13-24-36(39)44-40(47)29-38(30-16-5-3-6-17-30)43-37-25-15-27-41(45(37)49-46(43)44)48(32-19-7-4-8-20-32)42-28-31-18-9-10-21-33(31)34-22-11-12-23-35(34)42/h3-29H,1-2H3/i3D,4D,5D,6D,7D,8D,16D,17D,19D,20D. The van der Waals surface area contributed by atoms with Crippen molar-refractivity contribution in [3.05, 3.63) is 175 Å². The molecule has 0 saturated carbocycles. The second kappa shape index (κ2) is 10.4. The molecule has 232 valence electrons. The van der Waals surface area contributed by atoms with E-state index < -0.39 is 53.8 Å². The molecule has 0 fully saturated rings. The summed E-state index contributed by atoms with van der Waals surface area (Å²) in [6.07, 6.45) is 0. The van der Waals surface area contributed by atoms with Crippen molar-refractivity contribution in [2.75, 3.05) is 4.90 Å². The molecular weight excluding hydrogens is 595 g/mol. The highest BCUT2D eigenvalue weighted by molar-refractivity contribution is 6.21. The number of fused-ring (bicyclic) bond motifs is 10. The molecule has 0 N–H and O–H groups in total. The summed E-state index contributed by atoms with van der Waals surface area (Å²) in [6, 6.07) is 28.6. The minimum atomic E-state index is -0.562. The van der Waals surface area contributed by atoms with Gasteiger partial charge in [0.05, 0.1) is 25.1 Å². The predicted molar refractivity (Wildman–Crippen MR) is 206 cm³/mol. The molecule has 49 heavy (non-hydrogen) atoms. The van der Waals surface area contributed by atoms with Gasteiger partial charge in [0.15, 0.2) is 5.58 Å². The van der Waals surface area contributed by atoms with Crippen molar-refractivity contribution in [3.63, 3.8) is 0 Å². The van der Waals surface area contributed by atoms with E-state index in [4.69, 9.17) is 15.4 Å². The molecule has 8 aromatic carbocycles. The maximum Gasteiger partial charge on any atom is 0.159 e. The average molecular weight is 638 g/mol. The smallest absolute Gasteiger partial charge is 0.159 e. The van der Waals surface area contributed by atoms with E-state index in [-0.39, 0.29) is 23.3 Å². The Morgan fingerprint density at radius 3 is 2.04 bits per heavy atom. The van der Waals surface area contributed by atoms with Crippen LogP contribution in [-0.4, -0.2) is 0 Å². The molecular formula is C47H33NO. The number of nitrogens with zero attached hydrogens (tertiary/aromatic N) is 1. The fourth-order valence-corrected chi connectivity index (χ4v) is 7.81. The molecule has 1 aromatic heterocycles. The van der Waals surface area contributed by atoms with Crippen LogP contribution in [0.3, 0.4) is 0 Å². The first-order chi connectivity index (χ1) is 28.2. The molecule has 0 unspecified atom stereocenters. The van der Waals surface area contributed by atoms with Crippen LogP contribution >= 0.6 is 0 Å². The van der Waals surface area contributed by atoms with Gasteiger partial charge in [0.2, 0.25) is 0 Å². The van der Waals surface area contributed by atoms with E-state index in [1.165, 1.54) is 0 Å². The van der Waals surface area contributed by atoms with Gasteiger partial charge < -0.3 is 9.32 Å². The van der Waals surface area contributed by atoms with E-state index in [0.717, 1.165) is 43.8 Å². The van der Waals surface area contributed by atoms with E-state index in [0.29, 0.717) is 38.9 Å². The van der Waals surface area contributed by atoms with Gasteiger partial charge in [-0.3, -0.25) is 0 Å². The van der Waals surface area contributed by atoms with Gasteiger partial charge in [-0.2, -0.15) is 0 Å². The van der Waals surface area contributed by atoms with Gasteiger partial charge in [0, 0.05) is 32.8 Å². The van der Waals surface area contributed by atoms with E-state index in [9.17, 15) is 2.74 Å². The third-order valence-corrected chi connectivity index (χ3v) is 10.0. The lowest BCUT2D eigenvalue weighted by Crippen LogP contribution is -2.15. The Bertz CT molecular complexity index is 3280. The number of para-hydroxylation sites is 2. The molecule has 0 bridgehead atoms. The van der Waals surface area contributed by atoms with Crippen molar-refractivity contribution in [1.82, 2.24) is 0 Å². The van der Waals surface area contributed by atoms with Crippen molar-refractivity contribution in [2.24, 2.45) is 0 Å². The largest absolute Gasteiger partial charge is 0.453 e. The Hall–Kier alpha value is -6.12. The maximum absolute atomic E-state index is 9.29. The topological polar surface area (TPSA) is 16.4 Å². The third kappa shape index (κ3) is 4.01. The summed E-state index contributed by atoms with van der Waals surface area (Å²) < 4.78 is 95.6. The van der Waals surface area contributed by atoms with Crippen LogP contribution < -0.4 is 4.90 Å². The third-order valence-electron chi connectivity index (χ3n) is 10.0. The van der Waals surface area contributed by atoms with Crippen LogP contribution in [0.25, 0.3) is 65.7 Å². The van der Waals surface area contributed by atoms with Crippen molar-refractivity contribution in [1.29, 1.82) is 0 Å². The number of hydrogen-bond donors (Lipinski definition) is 0. The molecule has 0 spiro atoms. The molecule has 1 aliphatic rings. The molecule has 2 heteroatoms. The maximum atomic E-state index is 9.29. The van der Waals surface area contributed by atoms with E-state index in [1.54, 1.807) is 17.0 Å². The number of benzene rings is 8. The molecule has 2 nitrogen and oxygen atoms in total. The van der Waals surface area contributed by atoms with Gasteiger partial charge in [-0.15, -0.1) is 0 Å². The minimum Gasteiger partial charge on any atom is -0.453 e. The van der Waals surface area contributed by atoms with Gasteiger partial charge in [0.25, 0.3) is 0 Å². The van der Waals surface area contributed by atoms with Crippen LogP contribution in [0.5, 0.6) is 0 Å². The molecule has 10 rings (SSSR count). The molecule has 0 amide bonds. The Morgan fingerprint density at radius 2 is 1.22 bits per heavy atom. The highest BCUT2D eigenvalue weighted by atomic mass is 16.3. The monoisotopic (exact) mass is 637 g/mol. The van der Waals surface area contributed by atoms with Gasteiger partial charge >= 0.3 is 0 Å². The van der Waals surface area contributed by atoms with Gasteiger partial charge in [0.1, 0.15) is 5.58 Å². The molecule has 0 atom stereocenters. The van der Waals surface area contributed by atoms with Crippen molar-refractivity contribution in [3.8, 4) is 22.3 Å². The molecule has 9 aromatic rings. The zero-order valence-electron chi connectivity index (χ0n) is 36.7. The number of hydrogen-bond acceptors (Lipinski definition) is 2. The van der Waals surface area contributed by atoms with Crippen LogP contribution in [0.15, 0.2) is 168 Å². The van der Waals surface area contributed by atoms with Crippen LogP contribution in [-0.2, 0) is 5.41 Å². The first kappa shape index (κ1) is 19.6. The van der Waals surface area contributed by atoms with Crippen LogP contribution in [0.1, 0.15) is 38.7 Å².